The van der Waals surface area contributed by atoms with Crippen molar-refractivity contribution in [2.75, 3.05) is 6.61 Å². The number of hydrogen-bond donors (Lipinski definition) is 1. The quantitative estimate of drug-likeness (QED) is 0.697. The van der Waals surface area contributed by atoms with Gasteiger partial charge in [0.1, 0.15) is 5.69 Å². The average molecular weight is 314 g/mol. The van der Waals surface area contributed by atoms with Crippen LogP contribution >= 0.6 is 27.3 Å². The molecule has 2 rings (SSSR count). The molecule has 0 amide bonds. The van der Waals surface area contributed by atoms with Crippen molar-refractivity contribution in [3.8, 4) is 0 Å². The van der Waals surface area contributed by atoms with Crippen molar-refractivity contribution in [2.24, 2.45) is 0 Å². The highest BCUT2D eigenvalue weighted by Crippen LogP contribution is 2.22. The van der Waals surface area contributed by atoms with E-state index in [9.17, 15) is 9.59 Å². The Morgan fingerprint density at radius 2 is 2.18 bits per heavy atom. The van der Waals surface area contributed by atoms with Crippen LogP contribution in [0.2, 0.25) is 0 Å². The number of aromatic amines is 1. The van der Waals surface area contributed by atoms with Gasteiger partial charge in [0.2, 0.25) is 5.78 Å². The summed E-state index contributed by atoms with van der Waals surface area (Å²) in [4.78, 5) is 26.3. The summed E-state index contributed by atoms with van der Waals surface area (Å²) in [7, 11) is 0. The minimum Gasteiger partial charge on any atom is -0.453 e. The summed E-state index contributed by atoms with van der Waals surface area (Å²) >= 11 is 4.58. The van der Waals surface area contributed by atoms with Crippen molar-refractivity contribution in [2.45, 2.75) is 0 Å². The molecule has 0 radical (unpaired) electrons. The maximum absolute atomic E-state index is 11.6. The lowest BCUT2D eigenvalue weighted by Gasteiger charge is -2.00. The molecule has 0 bridgehead atoms. The molecular weight excluding hydrogens is 306 g/mol. The zero-order chi connectivity index (χ0) is 12.3. The zero-order valence-electron chi connectivity index (χ0n) is 8.60. The Bertz CT molecular complexity index is 533. The lowest BCUT2D eigenvalue weighted by atomic mass is 10.3. The molecule has 0 atom stereocenters. The SMILES string of the molecule is O=C(OCC(=O)c1ccc(Br)s1)c1ccc[nH]1. The summed E-state index contributed by atoms with van der Waals surface area (Å²) in [6.07, 6.45) is 1.62. The van der Waals surface area contributed by atoms with Crippen LogP contribution in [0.4, 0.5) is 0 Å². The van der Waals surface area contributed by atoms with E-state index in [1.165, 1.54) is 11.3 Å². The van der Waals surface area contributed by atoms with E-state index in [0.717, 1.165) is 3.79 Å². The van der Waals surface area contributed by atoms with Crippen LogP contribution in [0.25, 0.3) is 0 Å². The molecule has 0 saturated heterocycles. The Labute approximate surface area is 110 Å². The van der Waals surface area contributed by atoms with Crippen LogP contribution in [0.1, 0.15) is 20.2 Å². The van der Waals surface area contributed by atoms with Gasteiger partial charge in [0.25, 0.3) is 0 Å². The van der Waals surface area contributed by atoms with E-state index in [-0.39, 0.29) is 12.4 Å². The summed E-state index contributed by atoms with van der Waals surface area (Å²) in [5, 5.41) is 0. The summed E-state index contributed by atoms with van der Waals surface area (Å²) in [5.74, 6) is -0.737. The second-order valence-electron chi connectivity index (χ2n) is 3.19. The van der Waals surface area contributed by atoms with Crippen molar-refractivity contribution in [3.63, 3.8) is 0 Å². The summed E-state index contributed by atoms with van der Waals surface area (Å²) in [6, 6.07) is 6.76. The molecule has 4 nitrogen and oxygen atoms in total. The minimum atomic E-state index is -0.529. The molecular formula is C11H8BrNO3S. The van der Waals surface area contributed by atoms with E-state index >= 15 is 0 Å². The Balaban J connectivity index is 1.91. The minimum absolute atomic E-state index is 0.208. The molecule has 6 heteroatoms. The van der Waals surface area contributed by atoms with Crippen LogP contribution in [0, 0.1) is 0 Å². The number of ketones is 1. The van der Waals surface area contributed by atoms with E-state index in [1.54, 1.807) is 30.5 Å². The first-order valence-corrected chi connectivity index (χ1v) is 6.37. The summed E-state index contributed by atoms with van der Waals surface area (Å²) in [6.45, 7) is -0.245. The number of hydrogen-bond acceptors (Lipinski definition) is 4. The molecule has 0 unspecified atom stereocenters. The van der Waals surface area contributed by atoms with Crippen molar-refractivity contribution in [3.05, 3.63) is 44.8 Å². The van der Waals surface area contributed by atoms with Crippen LogP contribution in [0.15, 0.2) is 34.2 Å². The fourth-order valence-electron chi connectivity index (χ4n) is 1.20. The van der Waals surface area contributed by atoms with Gasteiger partial charge in [0, 0.05) is 6.20 Å². The molecule has 1 N–H and O–H groups in total. The third-order valence-corrected chi connectivity index (χ3v) is 3.66. The predicted molar refractivity (Wildman–Crippen MR) is 67.4 cm³/mol. The first-order chi connectivity index (χ1) is 8.16. The molecule has 0 fully saturated rings. The van der Waals surface area contributed by atoms with Crippen LogP contribution in [-0.2, 0) is 4.74 Å². The molecule has 2 aromatic heterocycles. The Hall–Kier alpha value is -1.40. The number of esters is 1. The topological polar surface area (TPSA) is 59.2 Å². The van der Waals surface area contributed by atoms with Gasteiger partial charge in [0.05, 0.1) is 8.66 Å². The van der Waals surface area contributed by atoms with E-state index in [2.05, 4.69) is 20.9 Å². The summed E-state index contributed by atoms with van der Waals surface area (Å²) < 4.78 is 5.76. The molecule has 0 aromatic carbocycles. The monoisotopic (exact) mass is 313 g/mol. The van der Waals surface area contributed by atoms with Crippen LogP contribution in [-0.4, -0.2) is 23.3 Å². The van der Waals surface area contributed by atoms with E-state index in [0.29, 0.717) is 10.6 Å². The number of ether oxygens (including phenoxy) is 1. The first-order valence-electron chi connectivity index (χ1n) is 4.76. The van der Waals surface area contributed by atoms with E-state index in [4.69, 9.17) is 4.74 Å². The maximum atomic E-state index is 11.6. The first kappa shape index (κ1) is 12.1. The van der Waals surface area contributed by atoms with Crippen LogP contribution < -0.4 is 0 Å². The number of H-pyrrole nitrogens is 1. The van der Waals surface area contributed by atoms with E-state index in [1.807, 2.05) is 0 Å². The van der Waals surface area contributed by atoms with Crippen molar-refractivity contribution < 1.29 is 14.3 Å². The Morgan fingerprint density at radius 3 is 2.76 bits per heavy atom. The van der Waals surface area contributed by atoms with Gasteiger partial charge in [-0.15, -0.1) is 11.3 Å². The van der Waals surface area contributed by atoms with Gasteiger partial charge in [-0.05, 0) is 40.2 Å². The van der Waals surface area contributed by atoms with Crippen molar-refractivity contribution in [1.82, 2.24) is 4.98 Å². The number of Topliss-reactive ketones (excluding diaryl/α,β-unsaturated/α-hetero) is 1. The van der Waals surface area contributed by atoms with Gasteiger partial charge in [-0.25, -0.2) is 4.79 Å². The van der Waals surface area contributed by atoms with Crippen LogP contribution in [0.3, 0.4) is 0 Å². The number of carbonyl (C=O) groups is 2. The number of thiophene rings is 1. The fourth-order valence-corrected chi connectivity index (χ4v) is 2.51. The Kier molecular flexibility index (Phi) is 3.75. The summed E-state index contributed by atoms with van der Waals surface area (Å²) in [5.41, 5.74) is 0.338. The highest BCUT2D eigenvalue weighted by atomic mass is 79.9. The second-order valence-corrected chi connectivity index (χ2v) is 5.65. The molecule has 2 heterocycles. The van der Waals surface area contributed by atoms with Crippen molar-refractivity contribution >= 4 is 39.0 Å². The number of rotatable bonds is 4. The normalized spacial score (nSPS) is 10.2. The third kappa shape index (κ3) is 3.04. The maximum Gasteiger partial charge on any atom is 0.355 e. The second kappa shape index (κ2) is 5.29. The van der Waals surface area contributed by atoms with Gasteiger partial charge in [-0.3, -0.25) is 4.79 Å². The highest BCUT2D eigenvalue weighted by molar-refractivity contribution is 9.11. The molecule has 0 aliphatic carbocycles. The molecule has 0 saturated carbocycles. The fraction of sp³-hybridized carbons (Fsp3) is 0.0909. The van der Waals surface area contributed by atoms with Gasteiger partial charge in [0.15, 0.2) is 6.61 Å². The average Bonchev–Trinajstić information content (AvgIpc) is 2.95. The van der Waals surface area contributed by atoms with Gasteiger partial charge in [-0.1, -0.05) is 0 Å². The molecule has 88 valence electrons. The predicted octanol–water partition coefficient (Wildman–Crippen LogP) is 2.88. The van der Waals surface area contributed by atoms with Gasteiger partial charge < -0.3 is 9.72 Å². The van der Waals surface area contributed by atoms with Crippen molar-refractivity contribution in [1.29, 1.82) is 0 Å². The smallest absolute Gasteiger partial charge is 0.355 e. The third-order valence-electron chi connectivity index (χ3n) is 2.00. The molecule has 0 aliphatic rings. The van der Waals surface area contributed by atoms with Crippen LogP contribution in [0.5, 0.6) is 0 Å². The molecule has 0 spiro atoms. The molecule has 2 aromatic rings. The number of carbonyl (C=O) groups excluding carboxylic acids is 2. The number of aromatic nitrogens is 1. The van der Waals surface area contributed by atoms with E-state index < -0.39 is 5.97 Å². The standard InChI is InChI=1S/C11H8BrNO3S/c12-10-4-3-9(17-10)8(14)6-16-11(15)7-2-1-5-13-7/h1-5,13H,6H2. The number of nitrogens with one attached hydrogen (secondary N) is 1. The molecule has 0 aliphatic heterocycles. The molecule has 17 heavy (non-hydrogen) atoms. The lowest BCUT2D eigenvalue weighted by Crippen LogP contribution is -2.13. The lowest BCUT2D eigenvalue weighted by molar-refractivity contribution is 0.0470. The largest absolute Gasteiger partial charge is 0.453 e. The van der Waals surface area contributed by atoms with Gasteiger partial charge in [-0.2, -0.15) is 0 Å². The van der Waals surface area contributed by atoms with Gasteiger partial charge >= 0.3 is 5.97 Å². The zero-order valence-corrected chi connectivity index (χ0v) is 11.0. The highest BCUT2D eigenvalue weighted by Gasteiger charge is 2.13. The Morgan fingerprint density at radius 1 is 1.35 bits per heavy atom. The number of halogens is 1.